The Hall–Kier alpha value is -3.21. The molecule has 7 atom stereocenters. The van der Waals surface area contributed by atoms with Crippen LogP contribution < -0.4 is 38.1 Å². The van der Waals surface area contributed by atoms with Crippen molar-refractivity contribution in [2.75, 3.05) is 26.7 Å². The standard InChI is InChI=1S/C44H78N6O10Si2/c1-42(2,3)58-40(54)33(47-25-17-26-48-38(53)31(46)18-15-16-24-45)34(52)35-36(59-61(11,12)43(4,5)6)37(60-62(13,14)44(7,8)9)39(57-35)49-27-23-32(51)50(41(49)55)28-29-19-21-30(56-10)22-20-29/h19-23,27,31,33-37,39,47,52H,15-18,24-26,28,45-46H2,1-14H3,(H,48,53)/t31-,33-,34+,35?,36+,37+,39+/m0/s1. The van der Waals surface area contributed by atoms with E-state index in [0.29, 0.717) is 30.7 Å². The van der Waals surface area contributed by atoms with Crippen LogP contribution in [0.3, 0.4) is 0 Å². The second kappa shape index (κ2) is 21.6. The van der Waals surface area contributed by atoms with Crippen LogP contribution in [-0.4, -0.2) is 112 Å². The number of esters is 1. The zero-order valence-electron chi connectivity index (χ0n) is 39.8. The molecule has 62 heavy (non-hydrogen) atoms. The number of aromatic nitrogens is 2. The van der Waals surface area contributed by atoms with Gasteiger partial charge >= 0.3 is 11.7 Å². The number of aliphatic hydroxyl groups excluding tert-OH is 1. The van der Waals surface area contributed by atoms with Crippen molar-refractivity contribution in [3.63, 3.8) is 0 Å². The van der Waals surface area contributed by atoms with Gasteiger partial charge in [-0.3, -0.25) is 23.5 Å². The minimum atomic E-state index is -2.71. The van der Waals surface area contributed by atoms with Gasteiger partial charge in [0.2, 0.25) is 5.91 Å². The molecule has 2 aromatic rings. The second-order valence-electron chi connectivity index (χ2n) is 20.4. The average molecular weight is 907 g/mol. The molecule has 1 aliphatic rings. The van der Waals surface area contributed by atoms with Gasteiger partial charge in [-0.1, -0.05) is 60.1 Å². The van der Waals surface area contributed by atoms with E-state index in [0.717, 1.165) is 17.4 Å². The van der Waals surface area contributed by atoms with Gasteiger partial charge in [-0.15, -0.1) is 0 Å². The first kappa shape index (κ1) is 53.1. The molecule has 1 aliphatic heterocycles. The van der Waals surface area contributed by atoms with E-state index < -0.39 is 82.2 Å². The van der Waals surface area contributed by atoms with E-state index in [1.807, 2.05) is 0 Å². The molecule has 0 saturated carbocycles. The maximum absolute atomic E-state index is 14.6. The van der Waals surface area contributed by atoms with Crippen molar-refractivity contribution in [2.24, 2.45) is 11.5 Å². The molecule has 18 heteroatoms. The molecule has 1 amide bonds. The first-order valence-corrected chi connectivity index (χ1v) is 27.7. The van der Waals surface area contributed by atoms with E-state index in [9.17, 15) is 24.3 Å². The molecule has 2 heterocycles. The Morgan fingerprint density at radius 1 is 0.871 bits per heavy atom. The zero-order chi connectivity index (χ0) is 47.0. The number of nitrogens with zero attached hydrogens (tertiary/aromatic N) is 2. The minimum absolute atomic E-state index is 0.0236. The zero-order valence-corrected chi connectivity index (χ0v) is 41.8. The highest BCUT2D eigenvalue weighted by Crippen LogP contribution is 2.46. The Balaban J connectivity index is 2.15. The number of methoxy groups -OCH3 is 1. The highest BCUT2D eigenvalue weighted by molar-refractivity contribution is 6.74. The second-order valence-corrected chi connectivity index (χ2v) is 30.0. The van der Waals surface area contributed by atoms with Gasteiger partial charge in [0.05, 0.1) is 19.7 Å². The molecular formula is C44H78N6O10Si2. The van der Waals surface area contributed by atoms with Crippen LogP contribution in [0.1, 0.15) is 99.8 Å². The van der Waals surface area contributed by atoms with Gasteiger partial charge < -0.3 is 50.3 Å². The molecule has 1 aromatic heterocycles. The largest absolute Gasteiger partial charge is 0.497 e. The van der Waals surface area contributed by atoms with E-state index in [1.165, 1.54) is 16.8 Å². The summed E-state index contributed by atoms with van der Waals surface area (Å²) < 4.78 is 34.9. The number of nitrogens with two attached hydrogens (primary N) is 2. The molecular weight excluding hydrogens is 829 g/mol. The quantitative estimate of drug-likeness (QED) is 0.0669. The Morgan fingerprint density at radius 3 is 1.98 bits per heavy atom. The van der Waals surface area contributed by atoms with Gasteiger partial charge in [-0.2, -0.15) is 0 Å². The van der Waals surface area contributed by atoms with Crippen LogP contribution in [0, 0.1) is 0 Å². The molecule has 0 radical (unpaired) electrons. The Morgan fingerprint density at radius 2 is 1.45 bits per heavy atom. The number of aliphatic hydroxyl groups is 1. The molecule has 0 spiro atoms. The first-order chi connectivity index (χ1) is 28.5. The Kier molecular flexibility index (Phi) is 18.6. The van der Waals surface area contributed by atoms with E-state index >= 15 is 0 Å². The predicted molar refractivity (Wildman–Crippen MR) is 247 cm³/mol. The van der Waals surface area contributed by atoms with Crippen molar-refractivity contribution in [3.05, 3.63) is 62.9 Å². The van der Waals surface area contributed by atoms with Crippen LogP contribution in [0.5, 0.6) is 5.75 Å². The van der Waals surface area contributed by atoms with Crippen LogP contribution >= 0.6 is 0 Å². The topological polar surface area (TPSA) is 221 Å². The third kappa shape index (κ3) is 14.1. The van der Waals surface area contributed by atoms with Crippen LogP contribution in [-0.2, 0) is 34.5 Å². The maximum Gasteiger partial charge on any atom is 0.333 e. The van der Waals surface area contributed by atoms with E-state index in [2.05, 4.69) is 78.4 Å². The highest BCUT2D eigenvalue weighted by atomic mass is 28.4. The summed E-state index contributed by atoms with van der Waals surface area (Å²) in [6.45, 7) is 27.1. The average Bonchev–Trinajstić information content (AvgIpc) is 3.48. The van der Waals surface area contributed by atoms with Crippen molar-refractivity contribution in [2.45, 2.75) is 179 Å². The summed E-state index contributed by atoms with van der Waals surface area (Å²) in [4.78, 5) is 54.6. The summed E-state index contributed by atoms with van der Waals surface area (Å²) in [6.07, 6.45) is -2.10. The lowest BCUT2D eigenvalue weighted by Gasteiger charge is -2.44. The number of benzene rings is 1. The molecule has 3 rings (SSSR count). The summed E-state index contributed by atoms with van der Waals surface area (Å²) in [6, 6.07) is 6.40. The predicted octanol–water partition coefficient (Wildman–Crippen LogP) is 4.37. The number of unbranched alkanes of at least 4 members (excludes halogenated alkanes) is 1. The third-order valence-electron chi connectivity index (χ3n) is 12.2. The van der Waals surface area contributed by atoms with Crippen molar-refractivity contribution >= 4 is 28.5 Å². The lowest BCUT2D eigenvalue weighted by Crippen LogP contribution is -2.59. The molecule has 0 bridgehead atoms. The fourth-order valence-electron chi connectivity index (χ4n) is 6.47. The number of carbonyl (C=O) groups excluding carboxylic acids is 2. The number of hydrogen-bond acceptors (Lipinski definition) is 13. The minimum Gasteiger partial charge on any atom is -0.497 e. The number of ether oxygens (including phenoxy) is 3. The molecule has 1 fully saturated rings. The monoisotopic (exact) mass is 907 g/mol. The molecule has 352 valence electrons. The van der Waals surface area contributed by atoms with Crippen LogP contribution in [0.15, 0.2) is 46.1 Å². The van der Waals surface area contributed by atoms with E-state index in [4.69, 9.17) is 34.5 Å². The lowest BCUT2D eigenvalue weighted by atomic mass is 9.99. The van der Waals surface area contributed by atoms with Crippen LogP contribution in [0.4, 0.5) is 0 Å². The summed E-state index contributed by atoms with van der Waals surface area (Å²) in [5, 5.41) is 18.0. The summed E-state index contributed by atoms with van der Waals surface area (Å²) in [5.74, 6) is -0.365. The molecule has 1 aromatic carbocycles. The molecule has 7 N–H and O–H groups in total. The summed E-state index contributed by atoms with van der Waals surface area (Å²) >= 11 is 0. The van der Waals surface area contributed by atoms with Gasteiger partial charge in [-0.25, -0.2) is 4.79 Å². The van der Waals surface area contributed by atoms with Crippen LogP contribution in [0.25, 0.3) is 0 Å². The van der Waals surface area contributed by atoms with Crippen molar-refractivity contribution < 1.29 is 37.8 Å². The Labute approximate surface area is 371 Å². The highest BCUT2D eigenvalue weighted by Gasteiger charge is 2.57. The number of nitrogens with one attached hydrogen (secondary N) is 2. The third-order valence-corrected chi connectivity index (χ3v) is 21.2. The van der Waals surface area contributed by atoms with Gasteiger partial charge in [0.25, 0.3) is 5.56 Å². The molecule has 0 aliphatic carbocycles. The van der Waals surface area contributed by atoms with Crippen molar-refractivity contribution in [1.29, 1.82) is 0 Å². The fraction of sp³-hybridized carbons (Fsp3) is 0.727. The number of hydrogen-bond donors (Lipinski definition) is 5. The van der Waals surface area contributed by atoms with Crippen molar-refractivity contribution in [1.82, 2.24) is 19.8 Å². The van der Waals surface area contributed by atoms with Gasteiger partial charge in [0.15, 0.2) is 22.9 Å². The fourth-order valence-corrected chi connectivity index (χ4v) is 9.05. The van der Waals surface area contributed by atoms with E-state index in [-0.39, 0.29) is 35.6 Å². The molecule has 1 saturated heterocycles. The van der Waals surface area contributed by atoms with Crippen LogP contribution in [0.2, 0.25) is 36.3 Å². The Bertz CT molecular complexity index is 1880. The SMILES string of the molecule is COc1ccc(Cn2c(=O)ccn([C@@H]3OC([C@H](O)[C@H](NCCCNC(=O)[C@@H](N)CCCCN)C(=O)OC(C)(C)C)[C@@H](O[Si](C)(C)C(C)(C)C)[C@H]3O[Si](C)(C)C(C)(C)C)c2=O)cc1. The molecule has 1 unspecified atom stereocenters. The van der Waals surface area contributed by atoms with Gasteiger partial charge in [0, 0.05) is 18.8 Å². The summed E-state index contributed by atoms with van der Waals surface area (Å²) in [5.41, 5.74) is 10.3. The number of carbonyl (C=O) groups is 2. The lowest BCUT2D eigenvalue weighted by molar-refractivity contribution is -0.166. The maximum atomic E-state index is 14.6. The normalized spacial score (nSPS) is 20.4. The smallest absolute Gasteiger partial charge is 0.333 e. The van der Waals surface area contributed by atoms with Gasteiger partial charge in [-0.05, 0) is 107 Å². The van der Waals surface area contributed by atoms with Gasteiger partial charge in [0.1, 0.15) is 41.8 Å². The number of amides is 1. The summed E-state index contributed by atoms with van der Waals surface area (Å²) in [7, 11) is -3.85. The molecule has 16 nitrogen and oxygen atoms in total. The first-order valence-electron chi connectivity index (χ1n) is 21.9. The number of rotatable bonds is 21. The van der Waals surface area contributed by atoms with E-state index in [1.54, 1.807) is 52.1 Å². The van der Waals surface area contributed by atoms with Crippen molar-refractivity contribution in [3.8, 4) is 5.75 Å².